The highest BCUT2D eigenvalue weighted by molar-refractivity contribution is 5.91. The third kappa shape index (κ3) is 11.4. The number of nitrogens with one attached hydrogen (secondary N) is 2. The van der Waals surface area contributed by atoms with Crippen LogP contribution in [-0.4, -0.2) is 66.6 Å². The van der Waals surface area contributed by atoms with Crippen molar-refractivity contribution in [3.63, 3.8) is 0 Å². The van der Waals surface area contributed by atoms with Gasteiger partial charge in [-0.1, -0.05) is 72.8 Å². The summed E-state index contributed by atoms with van der Waals surface area (Å²) in [6.07, 6.45) is 0.331. The number of ether oxygens (including phenoxy) is 2. The molecular formula is C34H42N4O6. The molecule has 3 aromatic carbocycles. The van der Waals surface area contributed by atoms with Gasteiger partial charge in [-0.05, 0) is 56.0 Å². The van der Waals surface area contributed by atoms with Crippen molar-refractivity contribution in [2.24, 2.45) is 5.73 Å². The fourth-order valence-electron chi connectivity index (χ4n) is 4.50. The Hall–Kier alpha value is -4.86. The van der Waals surface area contributed by atoms with Gasteiger partial charge in [0.1, 0.15) is 23.4 Å². The maximum atomic E-state index is 13.9. The predicted molar refractivity (Wildman–Crippen MR) is 168 cm³/mol. The lowest BCUT2D eigenvalue weighted by Gasteiger charge is -2.31. The molecule has 4 N–H and O–H groups in total. The first-order chi connectivity index (χ1) is 20.9. The summed E-state index contributed by atoms with van der Waals surface area (Å²) < 4.78 is 10.7. The molecule has 0 fully saturated rings. The summed E-state index contributed by atoms with van der Waals surface area (Å²) in [6, 6.07) is 24.2. The van der Waals surface area contributed by atoms with Crippen molar-refractivity contribution in [2.75, 3.05) is 20.2 Å². The van der Waals surface area contributed by atoms with Crippen LogP contribution in [0.15, 0.2) is 84.9 Å². The highest BCUT2D eigenvalue weighted by Crippen LogP contribution is 2.15. The van der Waals surface area contributed by atoms with Gasteiger partial charge in [-0.15, -0.1) is 0 Å². The molecule has 0 saturated heterocycles. The molecule has 0 radical (unpaired) electrons. The number of nitrogens with zero attached hydrogens (tertiary/aromatic N) is 1. The first-order valence-corrected chi connectivity index (χ1v) is 14.5. The Labute approximate surface area is 258 Å². The number of nitrogens with two attached hydrogens (primary N) is 1. The molecule has 3 rings (SSSR count). The monoisotopic (exact) mass is 602 g/mol. The van der Waals surface area contributed by atoms with Crippen molar-refractivity contribution in [3.8, 4) is 5.75 Å². The van der Waals surface area contributed by atoms with E-state index in [9.17, 15) is 19.2 Å². The van der Waals surface area contributed by atoms with E-state index in [2.05, 4.69) is 10.6 Å². The van der Waals surface area contributed by atoms with Crippen molar-refractivity contribution in [1.82, 2.24) is 15.5 Å². The number of primary amides is 1. The molecule has 3 aromatic rings. The van der Waals surface area contributed by atoms with Crippen LogP contribution in [-0.2, 0) is 38.4 Å². The highest BCUT2D eigenvalue weighted by atomic mass is 16.6. The van der Waals surface area contributed by atoms with E-state index in [0.717, 1.165) is 16.7 Å². The van der Waals surface area contributed by atoms with Crippen molar-refractivity contribution in [1.29, 1.82) is 0 Å². The summed E-state index contributed by atoms with van der Waals surface area (Å²) in [5.74, 6) is -0.772. The Morgan fingerprint density at radius 3 is 1.93 bits per heavy atom. The van der Waals surface area contributed by atoms with E-state index >= 15 is 0 Å². The Kier molecular flexibility index (Phi) is 12.3. The smallest absolute Gasteiger partial charge is 0.408 e. The number of alkyl carbamates (subject to hydrolysis) is 1. The number of likely N-dealkylation sites (N-methyl/N-ethyl adjacent to an activating group) is 1. The van der Waals surface area contributed by atoms with E-state index in [4.69, 9.17) is 15.2 Å². The Morgan fingerprint density at radius 1 is 0.818 bits per heavy atom. The van der Waals surface area contributed by atoms with Crippen LogP contribution in [0.1, 0.15) is 37.5 Å². The third-order valence-electron chi connectivity index (χ3n) is 6.68. The van der Waals surface area contributed by atoms with Gasteiger partial charge in [0.05, 0.1) is 0 Å². The van der Waals surface area contributed by atoms with Crippen LogP contribution < -0.4 is 21.1 Å². The Bertz CT molecular complexity index is 1370. The lowest BCUT2D eigenvalue weighted by molar-refractivity contribution is -0.140. The van der Waals surface area contributed by atoms with Crippen molar-refractivity contribution < 1.29 is 28.7 Å². The molecule has 0 saturated carbocycles. The van der Waals surface area contributed by atoms with E-state index in [-0.39, 0.29) is 25.4 Å². The Morgan fingerprint density at radius 2 is 1.39 bits per heavy atom. The van der Waals surface area contributed by atoms with Crippen molar-refractivity contribution >= 4 is 23.8 Å². The Balaban J connectivity index is 1.74. The minimum atomic E-state index is -0.960. The predicted octanol–water partition coefficient (Wildman–Crippen LogP) is 3.42. The van der Waals surface area contributed by atoms with Gasteiger partial charge >= 0.3 is 6.09 Å². The number of amides is 4. The van der Waals surface area contributed by atoms with Gasteiger partial charge in [0.15, 0.2) is 6.61 Å². The van der Waals surface area contributed by atoms with Crippen LogP contribution in [0.25, 0.3) is 0 Å². The normalized spacial score (nSPS) is 12.4. The van der Waals surface area contributed by atoms with Crippen LogP contribution in [0, 0.1) is 0 Å². The second kappa shape index (κ2) is 16.1. The van der Waals surface area contributed by atoms with E-state index in [0.29, 0.717) is 18.7 Å². The average molecular weight is 603 g/mol. The minimum Gasteiger partial charge on any atom is -0.484 e. The van der Waals surface area contributed by atoms with Crippen LogP contribution in [0.5, 0.6) is 5.75 Å². The molecular weight excluding hydrogens is 560 g/mol. The van der Waals surface area contributed by atoms with Crippen molar-refractivity contribution in [3.05, 3.63) is 102 Å². The van der Waals surface area contributed by atoms with Gasteiger partial charge in [0.25, 0.3) is 5.91 Å². The van der Waals surface area contributed by atoms with Gasteiger partial charge in [-0.2, -0.15) is 0 Å². The standard InChI is InChI=1S/C34H42N4O6/c1-34(2,3)44-33(42)37-28(21-25-11-7-5-8-12-25)32(41)38(4)29(22-26-13-9-6-10-14-26)31(40)36-20-19-24-15-17-27(18-16-24)43-23-30(35)39/h5-18,28-29H,19-23H2,1-4H3,(H2,35,39)(H,36,40)(H,37,42). The van der Waals surface area contributed by atoms with Crippen LogP contribution in [0.4, 0.5) is 4.79 Å². The molecule has 234 valence electrons. The molecule has 0 bridgehead atoms. The largest absolute Gasteiger partial charge is 0.484 e. The zero-order chi connectivity index (χ0) is 32.1. The van der Waals surface area contributed by atoms with Crippen LogP contribution >= 0.6 is 0 Å². The molecule has 0 aliphatic rings. The summed E-state index contributed by atoms with van der Waals surface area (Å²) in [4.78, 5) is 52.6. The molecule has 0 aliphatic carbocycles. The van der Waals surface area contributed by atoms with Crippen molar-refractivity contribution in [2.45, 2.75) is 57.7 Å². The van der Waals surface area contributed by atoms with E-state index in [1.165, 1.54) is 4.90 Å². The maximum absolute atomic E-state index is 13.9. The summed E-state index contributed by atoms with van der Waals surface area (Å²) in [5.41, 5.74) is 7.06. The first-order valence-electron chi connectivity index (χ1n) is 14.5. The van der Waals surface area contributed by atoms with Gasteiger partial charge in [0, 0.05) is 26.4 Å². The molecule has 0 spiro atoms. The number of carbonyl (C=O) groups is 4. The summed E-state index contributed by atoms with van der Waals surface area (Å²) in [5, 5.41) is 5.69. The molecule has 4 amide bonds. The van der Waals surface area contributed by atoms with Gasteiger partial charge < -0.3 is 30.7 Å². The molecule has 44 heavy (non-hydrogen) atoms. The van der Waals surface area contributed by atoms with E-state index in [1.54, 1.807) is 40.0 Å². The topological polar surface area (TPSA) is 140 Å². The fraction of sp³-hybridized carbons (Fsp3) is 0.353. The SMILES string of the molecule is CN(C(=O)C(Cc1ccccc1)NC(=O)OC(C)(C)C)C(Cc1ccccc1)C(=O)NCCc1ccc(OCC(N)=O)cc1. The van der Waals surface area contributed by atoms with Gasteiger partial charge in [-0.3, -0.25) is 14.4 Å². The number of hydrogen-bond donors (Lipinski definition) is 3. The molecule has 2 unspecified atom stereocenters. The molecule has 0 aliphatic heterocycles. The van der Waals surface area contributed by atoms with Crippen LogP contribution in [0.3, 0.4) is 0 Å². The third-order valence-corrected chi connectivity index (χ3v) is 6.68. The lowest BCUT2D eigenvalue weighted by atomic mass is 10.0. The second-order valence-corrected chi connectivity index (χ2v) is 11.5. The van der Waals surface area contributed by atoms with Gasteiger partial charge in [0.2, 0.25) is 11.8 Å². The van der Waals surface area contributed by atoms with E-state index in [1.807, 2.05) is 72.8 Å². The number of hydrogen-bond acceptors (Lipinski definition) is 6. The fourth-order valence-corrected chi connectivity index (χ4v) is 4.50. The highest BCUT2D eigenvalue weighted by Gasteiger charge is 2.33. The quantitative estimate of drug-likeness (QED) is 0.258. The minimum absolute atomic E-state index is 0.204. The number of benzene rings is 3. The summed E-state index contributed by atoms with van der Waals surface area (Å²) >= 11 is 0. The lowest BCUT2D eigenvalue weighted by Crippen LogP contribution is -2.56. The molecule has 10 nitrogen and oxygen atoms in total. The summed E-state index contributed by atoms with van der Waals surface area (Å²) in [7, 11) is 1.58. The second-order valence-electron chi connectivity index (χ2n) is 11.5. The number of carbonyl (C=O) groups excluding carboxylic acids is 4. The number of rotatable bonds is 14. The maximum Gasteiger partial charge on any atom is 0.408 e. The molecule has 2 atom stereocenters. The van der Waals surface area contributed by atoms with Crippen LogP contribution in [0.2, 0.25) is 0 Å². The molecule has 10 heteroatoms. The summed E-state index contributed by atoms with van der Waals surface area (Å²) in [6.45, 7) is 5.37. The zero-order valence-corrected chi connectivity index (χ0v) is 25.7. The van der Waals surface area contributed by atoms with Gasteiger partial charge in [-0.25, -0.2) is 4.79 Å². The molecule has 0 aromatic heterocycles. The van der Waals surface area contributed by atoms with E-state index < -0.39 is 35.6 Å². The first kappa shape index (κ1) is 33.6. The zero-order valence-electron chi connectivity index (χ0n) is 25.7. The molecule has 0 heterocycles. The average Bonchev–Trinajstić information content (AvgIpc) is 2.98.